The van der Waals surface area contributed by atoms with Crippen LogP contribution < -0.4 is 5.32 Å². The Balaban J connectivity index is 1.77. The molecular formula is C30H40Cl2N2O2. The van der Waals surface area contributed by atoms with Crippen molar-refractivity contribution in [3.63, 3.8) is 0 Å². The molecule has 1 fully saturated rings. The lowest BCUT2D eigenvalue weighted by atomic mass is 9.86. The van der Waals surface area contributed by atoms with E-state index in [-0.39, 0.29) is 29.8 Å². The van der Waals surface area contributed by atoms with Crippen LogP contribution in [0.2, 0.25) is 10.0 Å². The molecule has 0 saturated heterocycles. The van der Waals surface area contributed by atoms with Crippen LogP contribution in [0.25, 0.3) is 0 Å². The molecule has 196 valence electrons. The summed E-state index contributed by atoms with van der Waals surface area (Å²) in [5.74, 6) is -0.121. The van der Waals surface area contributed by atoms with E-state index in [0.29, 0.717) is 29.3 Å². The molecule has 3 rings (SSSR count). The van der Waals surface area contributed by atoms with Gasteiger partial charge in [0.2, 0.25) is 11.8 Å². The van der Waals surface area contributed by atoms with Gasteiger partial charge in [-0.1, -0.05) is 100 Å². The Morgan fingerprint density at radius 2 is 1.69 bits per heavy atom. The first kappa shape index (κ1) is 28.5. The van der Waals surface area contributed by atoms with Crippen LogP contribution in [0.3, 0.4) is 0 Å². The summed E-state index contributed by atoms with van der Waals surface area (Å²) in [6.07, 6.45) is 6.99. The van der Waals surface area contributed by atoms with Gasteiger partial charge in [-0.2, -0.15) is 0 Å². The predicted octanol–water partition coefficient (Wildman–Crippen LogP) is 7.48. The van der Waals surface area contributed by atoms with Gasteiger partial charge in [-0.3, -0.25) is 9.59 Å². The molecule has 0 bridgehead atoms. The summed E-state index contributed by atoms with van der Waals surface area (Å²) >= 11 is 12.6. The number of halogens is 2. The first-order chi connectivity index (χ1) is 17.1. The molecule has 1 aliphatic carbocycles. The Morgan fingerprint density at radius 3 is 2.28 bits per heavy atom. The molecule has 1 saturated carbocycles. The van der Waals surface area contributed by atoms with Crippen LogP contribution in [0.1, 0.15) is 89.3 Å². The fraction of sp³-hybridized carbons (Fsp3) is 0.533. The van der Waals surface area contributed by atoms with E-state index >= 15 is 0 Å². The van der Waals surface area contributed by atoms with Crippen LogP contribution in [0.4, 0.5) is 0 Å². The van der Waals surface area contributed by atoms with Crippen molar-refractivity contribution < 1.29 is 9.59 Å². The van der Waals surface area contributed by atoms with E-state index in [1.54, 1.807) is 17.0 Å². The third-order valence-electron chi connectivity index (χ3n) is 7.14. The first-order valence-corrected chi connectivity index (χ1v) is 14.0. The van der Waals surface area contributed by atoms with E-state index in [1.165, 1.54) is 12.0 Å². The van der Waals surface area contributed by atoms with E-state index in [9.17, 15) is 9.59 Å². The molecule has 0 heterocycles. The number of nitrogens with one attached hydrogen (secondary N) is 1. The molecule has 0 aromatic heterocycles. The molecule has 0 aliphatic heterocycles. The molecule has 6 heteroatoms. The molecule has 4 nitrogen and oxygen atoms in total. The van der Waals surface area contributed by atoms with E-state index in [4.69, 9.17) is 23.2 Å². The molecule has 2 amide bonds. The lowest BCUT2D eigenvalue weighted by Gasteiger charge is -2.33. The van der Waals surface area contributed by atoms with E-state index < -0.39 is 6.04 Å². The number of hydrogen-bond donors (Lipinski definition) is 1. The average Bonchev–Trinajstić information content (AvgIpc) is 2.84. The molecule has 36 heavy (non-hydrogen) atoms. The van der Waals surface area contributed by atoms with Crippen molar-refractivity contribution in [1.82, 2.24) is 10.2 Å². The molecule has 1 N–H and O–H groups in total. The number of hydrogen-bond acceptors (Lipinski definition) is 2. The fourth-order valence-electron chi connectivity index (χ4n) is 4.86. The van der Waals surface area contributed by atoms with Gasteiger partial charge in [-0.05, 0) is 59.9 Å². The van der Waals surface area contributed by atoms with Gasteiger partial charge in [0.25, 0.3) is 0 Å². The zero-order valence-corrected chi connectivity index (χ0v) is 23.6. The maximum Gasteiger partial charge on any atom is 0.243 e. The van der Waals surface area contributed by atoms with Gasteiger partial charge in [0, 0.05) is 29.1 Å². The summed E-state index contributed by atoms with van der Waals surface area (Å²) in [5, 5.41) is 4.27. The van der Waals surface area contributed by atoms with Crippen LogP contribution in [0.5, 0.6) is 0 Å². The highest BCUT2D eigenvalue weighted by Gasteiger charge is 2.30. The maximum absolute atomic E-state index is 13.6. The zero-order chi connectivity index (χ0) is 26.3. The van der Waals surface area contributed by atoms with Crippen molar-refractivity contribution in [2.75, 3.05) is 0 Å². The first-order valence-electron chi connectivity index (χ1n) is 13.2. The molecule has 0 radical (unpaired) electrons. The van der Waals surface area contributed by atoms with Crippen molar-refractivity contribution in [2.45, 2.75) is 103 Å². The van der Waals surface area contributed by atoms with Crippen molar-refractivity contribution in [3.05, 3.63) is 69.2 Å². The molecular weight excluding hydrogens is 491 g/mol. The number of amides is 2. The Labute approximate surface area is 226 Å². The van der Waals surface area contributed by atoms with Crippen molar-refractivity contribution in [2.24, 2.45) is 0 Å². The van der Waals surface area contributed by atoms with Gasteiger partial charge in [-0.25, -0.2) is 0 Å². The monoisotopic (exact) mass is 530 g/mol. The van der Waals surface area contributed by atoms with Gasteiger partial charge in [0.05, 0.1) is 0 Å². The molecule has 2 aromatic carbocycles. The number of rotatable bonds is 9. The third kappa shape index (κ3) is 7.98. The highest BCUT2D eigenvalue weighted by molar-refractivity contribution is 6.35. The zero-order valence-electron chi connectivity index (χ0n) is 22.1. The van der Waals surface area contributed by atoms with Crippen LogP contribution in [-0.4, -0.2) is 28.8 Å². The van der Waals surface area contributed by atoms with E-state index in [0.717, 1.165) is 36.8 Å². The second-order valence-electron chi connectivity index (χ2n) is 11.0. The summed E-state index contributed by atoms with van der Waals surface area (Å²) in [6, 6.07) is 13.4. The number of nitrogens with zero attached hydrogens (tertiary/aromatic N) is 1. The Hall–Kier alpha value is -2.04. The summed E-state index contributed by atoms with van der Waals surface area (Å²) < 4.78 is 0. The van der Waals surface area contributed by atoms with Gasteiger partial charge in [-0.15, -0.1) is 0 Å². The normalized spacial score (nSPS) is 15.4. The Bertz CT molecular complexity index is 1020. The largest absolute Gasteiger partial charge is 0.352 e. The quantitative estimate of drug-likeness (QED) is 0.365. The van der Waals surface area contributed by atoms with Crippen LogP contribution >= 0.6 is 23.2 Å². The second kappa shape index (κ2) is 13.0. The summed E-state index contributed by atoms with van der Waals surface area (Å²) in [4.78, 5) is 28.7. The summed E-state index contributed by atoms with van der Waals surface area (Å²) in [6.45, 7) is 8.80. The molecule has 0 unspecified atom stereocenters. The minimum Gasteiger partial charge on any atom is -0.352 e. The average molecular weight is 532 g/mol. The smallest absolute Gasteiger partial charge is 0.243 e. The van der Waals surface area contributed by atoms with Crippen LogP contribution in [0, 0.1) is 0 Å². The Morgan fingerprint density at radius 1 is 1.03 bits per heavy atom. The second-order valence-corrected chi connectivity index (χ2v) is 11.8. The number of benzene rings is 2. The van der Waals surface area contributed by atoms with Crippen molar-refractivity contribution in [3.8, 4) is 0 Å². The molecule has 2 aromatic rings. The highest BCUT2D eigenvalue weighted by Crippen LogP contribution is 2.26. The number of carbonyl (C=O) groups excluding carboxylic acids is 2. The summed E-state index contributed by atoms with van der Waals surface area (Å²) in [5.41, 5.74) is 3.25. The van der Waals surface area contributed by atoms with Crippen LogP contribution in [-0.2, 0) is 28.0 Å². The lowest BCUT2D eigenvalue weighted by molar-refractivity contribution is -0.141. The van der Waals surface area contributed by atoms with Gasteiger partial charge >= 0.3 is 0 Å². The van der Waals surface area contributed by atoms with Crippen molar-refractivity contribution in [1.29, 1.82) is 0 Å². The minimum atomic E-state index is -0.547. The van der Waals surface area contributed by atoms with E-state index in [2.05, 4.69) is 50.4 Å². The highest BCUT2D eigenvalue weighted by atomic mass is 35.5. The fourth-order valence-corrected chi connectivity index (χ4v) is 5.33. The van der Waals surface area contributed by atoms with Crippen molar-refractivity contribution >= 4 is 35.0 Å². The SMILES string of the molecule is CC[C@@H](C(=O)NC1CCCCC1)N(Cc1ccc(Cl)cc1Cl)C(=O)CCc1ccc(C(C)(C)C)cc1. The van der Waals surface area contributed by atoms with Gasteiger partial charge < -0.3 is 10.2 Å². The number of carbonyl (C=O) groups is 2. The molecule has 1 atom stereocenters. The third-order valence-corrected chi connectivity index (χ3v) is 7.73. The topological polar surface area (TPSA) is 49.4 Å². The lowest BCUT2D eigenvalue weighted by Crippen LogP contribution is -2.51. The predicted molar refractivity (Wildman–Crippen MR) is 150 cm³/mol. The van der Waals surface area contributed by atoms with Gasteiger partial charge in [0.15, 0.2) is 0 Å². The maximum atomic E-state index is 13.6. The standard InChI is InChI=1S/C30H40Cl2N2O2/c1-5-27(29(36)33-25-9-7-6-8-10-25)34(20-22-14-17-24(31)19-26(22)32)28(35)18-13-21-11-15-23(16-12-21)30(2,3)4/h11-12,14-17,19,25,27H,5-10,13,18,20H2,1-4H3,(H,33,36)/t27-/m0/s1. The Kier molecular flexibility index (Phi) is 10.3. The van der Waals surface area contributed by atoms with Crippen LogP contribution in [0.15, 0.2) is 42.5 Å². The van der Waals surface area contributed by atoms with E-state index in [1.807, 2.05) is 13.0 Å². The molecule has 0 spiro atoms. The number of aryl methyl sites for hydroxylation is 1. The minimum absolute atomic E-state index is 0.0495. The van der Waals surface area contributed by atoms with Gasteiger partial charge in [0.1, 0.15) is 6.04 Å². The molecule has 1 aliphatic rings. The summed E-state index contributed by atoms with van der Waals surface area (Å²) in [7, 11) is 0.